The second-order valence-corrected chi connectivity index (χ2v) is 5.53. The van der Waals surface area contributed by atoms with Crippen LogP contribution in [0.3, 0.4) is 0 Å². The first kappa shape index (κ1) is 15.1. The van der Waals surface area contributed by atoms with Crippen LogP contribution in [0, 0.1) is 11.3 Å². The molecule has 114 valence electrons. The van der Waals surface area contributed by atoms with Crippen molar-refractivity contribution in [2.75, 3.05) is 5.32 Å². The summed E-state index contributed by atoms with van der Waals surface area (Å²) in [5, 5.41) is 21.4. The lowest BCUT2D eigenvalue weighted by Crippen LogP contribution is -2.08. The molecule has 3 aromatic rings. The van der Waals surface area contributed by atoms with E-state index in [2.05, 4.69) is 21.7 Å². The Morgan fingerprint density at radius 2 is 2.00 bits per heavy atom. The van der Waals surface area contributed by atoms with E-state index in [-0.39, 0.29) is 6.04 Å². The van der Waals surface area contributed by atoms with E-state index < -0.39 is 0 Å². The van der Waals surface area contributed by atoms with Crippen molar-refractivity contribution in [2.45, 2.75) is 13.0 Å². The van der Waals surface area contributed by atoms with Crippen LogP contribution in [0.25, 0.3) is 5.69 Å². The fourth-order valence-electron chi connectivity index (χ4n) is 2.22. The molecule has 0 bridgehead atoms. The van der Waals surface area contributed by atoms with Gasteiger partial charge >= 0.3 is 0 Å². The van der Waals surface area contributed by atoms with Crippen molar-refractivity contribution < 1.29 is 0 Å². The molecule has 6 heteroatoms. The molecule has 0 spiro atoms. The number of aromatic nitrogens is 3. The summed E-state index contributed by atoms with van der Waals surface area (Å²) in [6.45, 7) is 1.96. The second-order valence-electron chi connectivity index (χ2n) is 5.09. The smallest absolute Gasteiger partial charge is 0.105 e. The maximum Gasteiger partial charge on any atom is 0.105 e. The van der Waals surface area contributed by atoms with E-state index in [9.17, 15) is 5.26 Å². The zero-order valence-electron chi connectivity index (χ0n) is 12.4. The van der Waals surface area contributed by atoms with Gasteiger partial charge in [0, 0.05) is 5.02 Å². The quantitative estimate of drug-likeness (QED) is 0.789. The fraction of sp³-hybridized carbons (Fsp3) is 0.118. The molecule has 0 aliphatic rings. The topological polar surface area (TPSA) is 66.5 Å². The van der Waals surface area contributed by atoms with E-state index in [1.165, 1.54) is 0 Å². The molecule has 1 atom stereocenters. The number of benzene rings is 2. The number of anilines is 1. The van der Waals surface area contributed by atoms with Crippen LogP contribution in [0.5, 0.6) is 0 Å². The monoisotopic (exact) mass is 323 g/mol. The van der Waals surface area contributed by atoms with Gasteiger partial charge in [0.15, 0.2) is 0 Å². The van der Waals surface area contributed by atoms with Gasteiger partial charge in [0.05, 0.1) is 29.2 Å². The molecule has 1 heterocycles. The van der Waals surface area contributed by atoms with E-state index in [0.717, 1.165) is 11.4 Å². The zero-order chi connectivity index (χ0) is 16.2. The molecule has 5 nitrogen and oxygen atoms in total. The number of rotatable bonds is 4. The molecule has 0 amide bonds. The summed E-state index contributed by atoms with van der Waals surface area (Å²) in [4.78, 5) is 0. The van der Waals surface area contributed by atoms with Crippen LogP contribution in [0.4, 0.5) is 5.69 Å². The SMILES string of the molecule is CC(Nc1cc(Cl)ccc1C#N)c1cn(-c2ccccc2)nn1. The molecule has 2 aromatic carbocycles. The number of hydrogen-bond donors (Lipinski definition) is 1. The number of halogens is 1. The van der Waals surface area contributed by atoms with Gasteiger partial charge in [0.2, 0.25) is 0 Å². The van der Waals surface area contributed by atoms with Gasteiger partial charge in [0.25, 0.3) is 0 Å². The molecule has 23 heavy (non-hydrogen) atoms. The first-order valence-electron chi connectivity index (χ1n) is 7.11. The average molecular weight is 324 g/mol. The first-order valence-corrected chi connectivity index (χ1v) is 7.49. The van der Waals surface area contributed by atoms with Crippen LogP contribution in [0.1, 0.15) is 24.2 Å². The van der Waals surface area contributed by atoms with Crippen molar-refractivity contribution >= 4 is 17.3 Å². The molecule has 0 aliphatic carbocycles. The summed E-state index contributed by atoms with van der Waals surface area (Å²) in [5.41, 5.74) is 2.94. The lowest BCUT2D eigenvalue weighted by Gasteiger charge is -2.14. The molecule has 1 N–H and O–H groups in total. The summed E-state index contributed by atoms with van der Waals surface area (Å²) in [7, 11) is 0. The minimum absolute atomic E-state index is 0.113. The predicted molar refractivity (Wildman–Crippen MR) is 89.6 cm³/mol. The molecule has 0 saturated heterocycles. The standard InChI is InChI=1S/C17H14ClN5/c1-12(20-16-9-14(18)8-7-13(16)10-19)17-11-23(22-21-17)15-5-3-2-4-6-15/h2-9,11-12,20H,1H3. The van der Waals surface area contributed by atoms with Gasteiger partial charge in [-0.15, -0.1) is 5.10 Å². The van der Waals surface area contributed by atoms with E-state index in [4.69, 9.17) is 11.6 Å². The zero-order valence-corrected chi connectivity index (χ0v) is 13.2. The predicted octanol–water partition coefficient (Wildman–Crippen LogP) is 3.97. The highest BCUT2D eigenvalue weighted by Gasteiger charge is 2.13. The highest BCUT2D eigenvalue weighted by atomic mass is 35.5. The Morgan fingerprint density at radius 1 is 1.22 bits per heavy atom. The van der Waals surface area contributed by atoms with Gasteiger partial charge in [-0.2, -0.15) is 5.26 Å². The van der Waals surface area contributed by atoms with Gasteiger partial charge in [-0.05, 0) is 37.3 Å². The lowest BCUT2D eigenvalue weighted by atomic mass is 10.1. The summed E-state index contributed by atoms with van der Waals surface area (Å²) >= 11 is 6.01. The molecular formula is C17H14ClN5. The van der Waals surface area contributed by atoms with Gasteiger partial charge < -0.3 is 5.32 Å². The Bertz CT molecular complexity index is 851. The van der Waals surface area contributed by atoms with Crippen LogP contribution in [0.15, 0.2) is 54.7 Å². The molecule has 1 unspecified atom stereocenters. The molecular weight excluding hydrogens is 310 g/mol. The largest absolute Gasteiger partial charge is 0.376 e. The van der Waals surface area contributed by atoms with E-state index >= 15 is 0 Å². The molecule has 0 fully saturated rings. The number of nitrogens with zero attached hydrogens (tertiary/aromatic N) is 4. The lowest BCUT2D eigenvalue weighted by molar-refractivity contribution is 0.781. The molecule has 0 saturated carbocycles. The third kappa shape index (κ3) is 3.33. The van der Waals surface area contributed by atoms with Crippen LogP contribution in [-0.4, -0.2) is 15.0 Å². The maximum absolute atomic E-state index is 9.18. The molecule has 0 aliphatic heterocycles. The Kier molecular flexibility index (Phi) is 4.26. The van der Waals surface area contributed by atoms with Crippen LogP contribution >= 0.6 is 11.6 Å². The van der Waals surface area contributed by atoms with Crippen LogP contribution in [-0.2, 0) is 0 Å². The van der Waals surface area contributed by atoms with Crippen molar-refractivity contribution in [3.63, 3.8) is 0 Å². The van der Waals surface area contributed by atoms with E-state index in [0.29, 0.717) is 16.3 Å². The maximum atomic E-state index is 9.18. The number of nitriles is 1. The number of para-hydroxylation sites is 1. The summed E-state index contributed by atoms with van der Waals surface area (Å²) < 4.78 is 1.72. The second kappa shape index (κ2) is 6.51. The van der Waals surface area contributed by atoms with E-state index in [1.54, 1.807) is 22.9 Å². The van der Waals surface area contributed by atoms with Gasteiger partial charge in [-0.3, -0.25) is 0 Å². The minimum Gasteiger partial charge on any atom is -0.376 e. The molecule has 1 aromatic heterocycles. The normalized spacial score (nSPS) is 11.7. The van der Waals surface area contributed by atoms with Crippen molar-refractivity contribution in [1.82, 2.24) is 15.0 Å². The summed E-state index contributed by atoms with van der Waals surface area (Å²) in [6, 6.07) is 16.9. The van der Waals surface area contributed by atoms with Crippen molar-refractivity contribution in [1.29, 1.82) is 5.26 Å². The van der Waals surface area contributed by atoms with Gasteiger partial charge in [0.1, 0.15) is 11.8 Å². The first-order chi connectivity index (χ1) is 11.2. The summed E-state index contributed by atoms with van der Waals surface area (Å²) in [5.74, 6) is 0. The van der Waals surface area contributed by atoms with Gasteiger partial charge in [-0.1, -0.05) is 35.0 Å². The third-order valence-electron chi connectivity index (χ3n) is 3.45. The highest BCUT2D eigenvalue weighted by Crippen LogP contribution is 2.24. The van der Waals surface area contributed by atoms with Gasteiger partial charge in [-0.25, -0.2) is 4.68 Å². The van der Waals surface area contributed by atoms with Crippen LogP contribution in [0.2, 0.25) is 5.02 Å². The highest BCUT2D eigenvalue weighted by molar-refractivity contribution is 6.30. The number of hydrogen-bond acceptors (Lipinski definition) is 4. The van der Waals surface area contributed by atoms with Crippen molar-refractivity contribution in [2.24, 2.45) is 0 Å². The Labute approximate surface area is 139 Å². The fourth-order valence-corrected chi connectivity index (χ4v) is 2.39. The summed E-state index contributed by atoms with van der Waals surface area (Å²) in [6.07, 6.45) is 1.86. The Hall–Kier alpha value is -2.84. The third-order valence-corrected chi connectivity index (χ3v) is 3.68. The number of nitrogens with one attached hydrogen (secondary N) is 1. The van der Waals surface area contributed by atoms with E-state index in [1.807, 2.05) is 43.5 Å². The van der Waals surface area contributed by atoms with Crippen molar-refractivity contribution in [3.8, 4) is 11.8 Å². The van der Waals surface area contributed by atoms with Crippen LogP contribution < -0.4 is 5.32 Å². The Balaban J connectivity index is 1.82. The average Bonchev–Trinajstić information content (AvgIpc) is 3.06. The molecule has 3 rings (SSSR count). The minimum atomic E-state index is -0.113. The molecule has 0 radical (unpaired) electrons. The Morgan fingerprint density at radius 3 is 2.74 bits per heavy atom. The van der Waals surface area contributed by atoms with Crippen molar-refractivity contribution in [3.05, 3.63) is 71.0 Å².